The number of carbonyl (C=O) groups excluding carboxylic acids is 1. The maximum Gasteiger partial charge on any atom is 0.244 e. The average molecular weight is 361 g/mol. The molecule has 2 heterocycles. The smallest absolute Gasteiger partial charge is 0.244 e. The molecule has 2 fully saturated rings. The highest BCUT2D eigenvalue weighted by Gasteiger charge is 2.36. The number of hydrogen-bond acceptors (Lipinski definition) is 6. The summed E-state index contributed by atoms with van der Waals surface area (Å²) in [4.78, 5) is 17.4. The number of benzene rings is 1. The lowest BCUT2D eigenvalue weighted by molar-refractivity contribution is -0.135. The number of nitrogens with one attached hydrogen (secondary N) is 4. The summed E-state index contributed by atoms with van der Waals surface area (Å²) in [6.07, 6.45) is 3.29. The second kappa shape index (κ2) is 9.32. The summed E-state index contributed by atoms with van der Waals surface area (Å²) < 4.78 is 0. The van der Waals surface area contributed by atoms with Crippen LogP contribution in [0, 0.1) is 0 Å². The van der Waals surface area contributed by atoms with Gasteiger partial charge in [-0.15, -0.1) is 0 Å². The molecule has 2 saturated heterocycles. The molecule has 2 unspecified atom stereocenters. The van der Waals surface area contributed by atoms with Gasteiger partial charge < -0.3 is 10.2 Å². The Morgan fingerprint density at radius 1 is 1.12 bits per heavy atom. The third-order valence-corrected chi connectivity index (χ3v) is 5.25. The van der Waals surface area contributed by atoms with Gasteiger partial charge in [-0.3, -0.25) is 9.69 Å². The Morgan fingerprint density at radius 3 is 2.50 bits per heavy atom. The molecule has 7 nitrogen and oxygen atoms in total. The van der Waals surface area contributed by atoms with Crippen LogP contribution in [0.3, 0.4) is 0 Å². The second-order valence-corrected chi connectivity index (χ2v) is 7.08. The van der Waals surface area contributed by atoms with E-state index in [0.29, 0.717) is 0 Å². The van der Waals surface area contributed by atoms with Crippen LogP contribution >= 0.6 is 0 Å². The van der Waals surface area contributed by atoms with Crippen molar-refractivity contribution in [2.75, 3.05) is 38.0 Å². The average Bonchev–Trinajstić information content (AvgIpc) is 3.15. The Labute approximate surface area is 156 Å². The van der Waals surface area contributed by atoms with Gasteiger partial charge in [0.2, 0.25) is 5.91 Å². The van der Waals surface area contributed by atoms with Crippen LogP contribution in [0.2, 0.25) is 0 Å². The zero-order valence-corrected chi connectivity index (χ0v) is 15.9. The van der Waals surface area contributed by atoms with Crippen molar-refractivity contribution in [3.63, 3.8) is 0 Å². The fourth-order valence-electron chi connectivity index (χ4n) is 3.47. The summed E-state index contributed by atoms with van der Waals surface area (Å²) in [6, 6.07) is 8.03. The van der Waals surface area contributed by atoms with Crippen LogP contribution in [0.1, 0.15) is 32.3 Å². The van der Waals surface area contributed by atoms with Crippen molar-refractivity contribution in [2.24, 2.45) is 0 Å². The third kappa shape index (κ3) is 4.73. The van der Waals surface area contributed by atoms with Crippen molar-refractivity contribution in [1.29, 1.82) is 0 Å². The number of rotatable bonds is 7. The number of hydrogen-bond donors (Lipinski definition) is 4. The molecule has 0 radical (unpaired) electrons. The first kappa shape index (κ1) is 19.1. The van der Waals surface area contributed by atoms with Crippen LogP contribution in [-0.4, -0.2) is 60.6 Å². The Kier molecular flexibility index (Phi) is 6.85. The molecule has 2 atom stereocenters. The van der Waals surface area contributed by atoms with E-state index in [-0.39, 0.29) is 18.1 Å². The molecule has 2 aliphatic rings. The van der Waals surface area contributed by atoms with Crippen LogP contribution in [0.5, 0.6) is 0 Å². The molecule has 1 aromatic carbocycles. The highest BCUT2D eigenvalue weighted by atomic mass is 16.2. The molecule has 1 amide bonds. The van der Waals surface area contributed by atoms with Crippen molar-refractivity contribution >= 4 is 11.6 Å². The van der Waals surface area contributed by atoms with E-state index in [1.54, 1.807) is 0 Å². The van der Waals surface area contributed by atoms with Gasteiger partial charge in [0.25, 0.3) is 0 Å². The first-order valence-electron chi connectivity index (χ1n) is 9.84. The maximum atomic E-state index is 12.9. The summed E-state index contributed by atoms with van der Waals surface area (Å²) in [5.41, 5.74) is 11.4. The van der Waals surface area contributed by atoms with E-state index in [1.807, 2.05) is 4.90 Å². The van der Waals surface area contributed by atoms with Gasteiger partial charge in [0, 0.05) is 31.9 Å². The lowest BCUT2D eigenvalue weighted by atomic mass is 10.1. The van der Waals surface area contributed by atoms with Crippen molar-refractivity contribution in [1.82, 2.24) is 26.2 Å². The Bertz CT molecular complexity index is 570. The molecular weight excluding hydrogens is 328 g/mol. The number of piperazine rings is 1. The number of unbranched alkanes of at least 4 members (excludes halogenated alkanes) is 1. The molecule has 0 bridgehead atoms. The lowest BCUT2D eigenvalue weighted by Gasteiger charge is -2.36. The molecule has 144 valence electrons. The molecule has 1 aromatic rings. The summed E-state index contributed by atoms with van der Waals surface area (Å²) in [6.45, 7) is 9.05. The van der Waals surface area contributed by atoms with Gasteiger partial charge >= 0.3 is 0 Å². The van der Waals surface area contributed by atoms with E-state index < -0.39 is 0 Å². The van der Waals surface area contributed by atoms with Crippen LogP contribution in [0.4, 0.5) is 5.69 Å². The zero-order chi connectivity index (χ0) is 18.4. The molecular formula is C19H32N6O. The van der Waals surface area contributed by atoms with Gasteiger partial charge in [-0.05, 0) is 37.1 Å². The molecule has 0 aliphatic carbocycles. The van der Waals surface area contributed by atoms with Crippen LogP contribution < -0.4 is 21.7 Å². The highest BCUT2D eigenvalue weighted by Crippen LogP contribution is 2.14. The van der Waals surface area contributed by atoms with Crippen molar-refractivity contribution in [3.05, 3.63) is 29.8 Å². The summed E-state index contributed by atoms with van der Waals surface area (Å²) in [5, 5.41) is 3.40. The minimum atomic E-state index is -0.331. The normalized spacial score (nSPS) is 24.0. The topological polar surface area (TPSA) is 71.7 Å². The van der Waals surface area contributed by atoms with E-state index in [2.05, 4.69) is 64.7 Å². The van der Waals surface area contributed by atoms with Crippen LogP contribution in [0.25, 0.3) is 0 Å². The fourth-order valence-corrected chi connectivity index (χ4v) is 3.47. The van der Waals surface area contributed by atoms with Gasteiger partial charge in [-0.25, -0.2) is 10.9 Å². The largest absolute Gasteiger partial charge is 0.367 e. The number of nitrogens with zero attached hydrogens (tertiary/aromatic N) is 2. The van der Waals surface area contributed by atoms with Gasteiger partial charge in [0.1, 0.15) is 12.2 Å². The quantitative estimate of drug-likeness (QED) is 0.580. The zero-order valence-electron chi connectivity index (χ0n) is 15.9. The van der Waals surface area contributed by atoms with E-state index in [9.17, 15) is 4.79 Å². The molecule has 26 heavy (non-hydrogen) atoms. The van der Waals surface area contributed by atoms with Crippen molar-refractivity contribution in [2.45, 2.75) is 45.3 Å². The third-order valence-electron chi connectivity index (χ3n) is 5.25. The standard InChI is InChI=1S/C19H32N6O/c1-3-5-10-24-11-13-25(14-12-24)19(26)17-18(22-23-21-17)20-16-8-6-15(4-2)7-9-16/h6-9,17-18,20-23H,3-5,10-14H2,1-2H3. The predicted octanol–water partition coefficient (Wildman–Crippen LogP) is 0.912. The first-order chi connectivity index (χ1) is 12.7. The van der Waals surface area contributed by atoms with Crippen LogP contribution in [0.15, 0.2) is 24.3 Å². The summed E-state index contributed by atoms with van der Waals surface area (Å²) in [5.74, 6) is 0.139. The maximum absolute atomic E-state index is 12.9. The Morgan fingerprint density at radius 2 is 1.85 bits per heavy atom. The van der Waals surface area contributed by atoms with Crippen molar-refractivity contribution in [3.8, 4) is 0 Å². The lowest BCUT2D eigenvalue weighted by Crippen LogP contribution is -2.56. The van der Waals surface area contributed by atoms with E-state index in [4.69, 9.17) is 0 Å². The summed E-state index contributed by atoms with van der Waals surface area (Å²) >= 11 is 0. The number of carbonyl (C=O) groups is 1. The minimum Gasteiger partial charge on any atom is -0.367 e. The van der Waals surface area contributed by atoms with Gasteiger partial charge in [0.15, 0.2) is 0 Å². The van der Waals surface area contributed by atoms with Crippen LogP contribution in [-0.2, 0) is 11.2 Å². The Hall–Kier alpha value is -1.67. The van der Waals surface area contributed by atoms with Crippen molar-refractivity contribution < 1.29 is 4.79 Å². The van der Waals surface area contributed by atoms with E-state index >= 15 is 0 Å². The number of anilines is 1. The molecule has 4 N–H and O–H groups in total. The first-order valence-corrected chi connectivity index (χ1v) is 9.84. The van der Waals surface area contributed by atoms with E-state index in [0.717, 1.165) is 44.8 Å². The molecule has 0 spiro atoms. The molecule has 0 aromatic heterocycles. The number of amides is 1. The minimum absolute atomic E-state index is 0.139. The predicted molar refractivity (Wildman–Crippen MR) is 104 cm³/mol. The number of aryl methyl sites for hydroxylation is 1. The second-order valence-electron chi connectivity index (χ2n) is 7.08. The SMILES string of the molecule is CCCCN1CCN(C(=O)C2NNNC2Nc2ccc(CC)cc2)CC1. The molecule has 3 rings (SSSR count). The van der Waals surface area contributed by atoms with Gasteiger partial charge in [0.05, 0.1) is 0 Å². The van der Waals surface area contributed by atoms with Gasteiger partial charge in [-0.1, -0.05) is 32.4 Å². The number of hydrazine groups is 2. The fraction of sp³-hybridized carbons (Fsp3) is 0.632. The van der Waals surface area contributed by atoms with E-state index in [1.165, 1.54) is 18.4 Å². The molecule has 2 aliphatic heterocycles. The Balaban J connectivity index is 1.53. The van der Waals surface area contributed by atoms with Gasteiger partial charge in [-0.2, -0.15) is 5.53 Å². The summed E-state index contributed by atoms with van der Waals surface area (Å²) in [7, 11) is 0. The monoisotopic (exact) mass is 360 g/mol. The molecule has 7 heteroatoms. The highest BCUT2D eigenvalue weighted by molar-refractivity contribution is 5.83. The molecule has 0 saturated carbocycles.